The summed E-state index contributed by atoms with van der Waals surface area (Å²) in [5.41, 5.74) is 5.27. The first-order valence-electron chi connectivity index (χ1n) is 5.58. The molecule has 2 aliphatic rings. The van der Waals surface area contributed by atoms with Crippen molar-refractivity contribution in [3.8, 4) is 0 Å². The monoisotopic (exact) mass is 210 g/mol. The van der Waals surface area contributed by atoms with Crippen molar-refractivity contribution in [1.29, 1.82) is 0 Å². The van der Waals surface area contributed by atoms with Crippen molar-refractivity contribution >= 4 is 6.09 Å². The molecule has 3 unspecified atom stereocenters. The summed E-state index contributed by atoms with van der Waals surface area (Å²) in [4.78, 5) is 11.2. The Morgan fingerprint density at radius 2 is 2.33 bits per heavy atom. The normalized spacial score (nSPS) is 31.9. The van der Waals surface area contributed by atoms with Crippen molar-refractivity contribution in [3.05, 3.63) is 12.2 Å². The lowest BCUT2D eigenvalue weighted by atomic mass is 9.95. The summed E-state index contributed by atoms with van der Waals surface area (Å²) in [6.07, 6.45) is 6.63. The van der Waals surface area contributed by atoms with Gasteiger partial charge in [-0.2, -0.15) is 0 Å². The second-order valence-corrected chi connectivity index (χ2v) is 4.35. The number of ether oxygens (including phenoxy) is 1. The van der Waals surface area contributed by atoms with Gasteiger partial charge in [0.15, 0.2) is 0 Å². The Bertz CT molecular complexity index is 265. The first-order valence-corrected chi connectivity index (χ1v) is 5.58. The summed E-state index contributed by atoms with van der Waals surface area (Å²) in [6.45, 7) is 1.48. The molecule has 4 heteroatoms. The molecule has 2 aliphatic carbocycles. The van der Waals surface area contributed by atoms with Crippen molar-refractivity contribution in [1.82, 2.24) is 5.32 Å². The summed E-state index contributed by atoms with van der Waals surface area (Å²) in [7, 11) is 0. The molecule has 2 bridgehead atoms. The lowest BCUT2D eigenvalue weighted by Gasteiger charge is -2.17. The maximum Gasteiger partial charge on any atom is 0.407 e. The van der Waals surface area contributed by atoms with Crippen molar-refractivity contribution < 1.29 is 9.53 Å². The summed E-state index contributed by atoms with van der Waals surface area (Å²) in [5.74, 6) is 1.90. The molecule has 84 valence electrons. The van der Waals surface area contributed by atoms with E-state index < -0.39 is 0 Å². The standard InChI is InChI=1S/C11H18N2O2/c12-3-4-13-11(14)15-7-10-6-8-1-2-9(10)5-8/h1-2,8-10H,3-7,12H2,(H,13,14). The summed E-state index contributed by atoms with van der Waals surface area (Å²) in [6, 6.07) is 0. The van der Waals surface area contributed by atoms with Crippen LogP contribution in [0.25, 0.3) is 0 Å². The quantitative estimate of drug-likeness (QED) is 0.677. The maximum absolute atomic E-state index is 11.2. The molecule has 0 radical (unpaired) electrons. The molecule has 0 heterocycles. The number of rotatable bonds is 4. The van der Waals surface area contributed by atoms with Crippen molar-refractivity contribution in [2.75, 3.05) is 19.7 Å². The molecule has 1 amide bonds. The van der Waals surface area contributed by atoms with Crippen LogP contribution < -0.4 is 11.1 Å². The molecule has 3 N–H and O–H groups in total. The molecule has 0 aliphatic heterocycles. The molecule has 15 heavy (non-hydrogen) atoms. The zero-order valence-corrected chi connectivity index (χ0v) is 8.82. The van der Waals surface area contributed by atoms with Crippen LogP contribution >= 0.6 is 0 Å². The van der Waals surface area contributed by atoms with Crippen LogP contribution in [-0.4, -0.2) is 25.8 Å². The Morgan fingerprint density at radius 1 is 1.47 bits per heavy atom. The molecule has 2 rings (SSSR count). The molecule has 0 spiro atoms. The van der Waals surface area contributed by atoms with E-state index in [0.717, 1.165) is 5.92 Å². The number of nitrogens with one attached hydrogen (secondary N) is 1. The minimum absolute atomic E-state index is 0.341. The number of carbonyl (C=O) groups is 1. The number of carbonyl (C=O) groups excluding carboxylic acids is 1. The molecule has 3 atom stereocenters. The zero-order chi connectivity index (χ0) is 10.7. The van der Waals surface area contributed by atoms with Gasteiger partial charge in [-0.25, -0.2) is 4.79 Å². The summed E-state index contributed by atoms with van der Waals surface area (Å²) >= 11 is 0. The van der Waals surface area contributed by atoms with Crippen molar-refractivity contribution in [2.45, 2.75) is 12.8 Å². The number of hydrogen-bond donors (Lipinski definition) is 2. The van der Waals surface area contributed by atoms with Gasteiger partial charge in [0.1, 0.15) is 0 Å². The predicted molar refractivity (Wildman–Crippen MR) is 57.2 cm³/mol. The van der Waals surface area contributed by atoms with Gasteiger partial charge in [0.25, 0.3) is 0 Å². The Labute approximate surface area is 89.9 Å². The predicted octanol–water partition coefficient (Wildman–Crippen LogP) is 0.883. The van der Waals surface area contributed by atoms with Crippen LogP contribution in [-0.2, 0) is 4.74 Å². The molecule has 4 nitrogen and oxygen atoms in total. The van der Waals surface area contributed by atoms with Gasteiger partial charge >= 0.3 is 6.09 Å². The van der Waals surface area contributed by atoms with Gasteiger partial charge < -0.3 is 15.8 Å². The highest BCUT2D eigenvalue weighted by Crippen LogP contribution is 2.43. The fourth-order valence-corrected chi connectivity index (χ4v) is 2.49. The van der Waals surface area contributed by atoms with Gasteiger partial charge in [-0.1, -0.05) is 12.2 Å². The SMILES string of the molecule is NCCNC(=O)OCC1CC2C=CC1C2. The average Bonchev–Trinajstić information content (AvgIpc) is 2.84. The first-order chi connectivity index (χ1) is 7.29. The molecular formula is C11H18N2O2. The van der Waals surface area contributed by atoms with Gasteiger partial charge in [-0.05, 0) is 24.7 Å². The second kappa shape index (κ2) is 4.66. The number of nitrogens with two attached hydrogens (primary N) is 1. The van der Waals surface area contributed by atoms with Gasteiger partial charge in [-0.15, -0.1) is 0 Å². The maximum atomic E-state index is 11.2. The largest absolute Gasteiger partial charge is 0.449 e. The summed E-state index contributed by atoms with van der Waals surface area (Å²) < 4.78 is 5.14. The van der Waals surface area contributed by atoms with Crippen molar-refractivity contribution in [2.24, 2.45) is 23.5 Å². The Morgan fingerprint density at radius 3 is 2.93 bits per heavy atom. The van der Waals surface area contributed by atoms with Gasteiger partial charge in [0.05, 0.1) is 6.61 Å². The molecule has 0 aromatic heterocycles. The van der Waals surface area contributed by atoms with E-state index in [1.807, 2.05) is 0 Å². The Kier molecular flexibility index (Phi) is 3.26. The second-order valence-electron chi connectivity index (χ2n) is 4.35. The van der Waals surface area contributed by atoms with Crippen LogP contribution in [0.15, 0.2) is 12.2 Å². The highest BCUT2D eigenvalue weighted by molar-refractivity contribution is 5.67. The van der Waals surface area contributed by atoms with Crippen molar-refractivity contribution in [3.63, 3.8) is 0 Å². The van der Waals surface area contributed by atoms with Crippen LogP contribution in [0.2, 0.25) is 0 Å². The van der Waals surface area contributed by atoms with E-state index in [4.69, 9.17) is 10.5 Å². The van der Waals surface area contributed by atoms with E-state index in [-0.39, 0.29) is 6.09 Å². The Hall–Kier alpha value is -1.03. The van der Waals surface area contributed by atoms with Crippen LogP contribution in [0.1, 0.15) is 12.8 Å². The van der Waals surface area contributed by atoms with Crippen LogP contribution in [0, 0.1) is 17.8 Å². The van der Waals surface area contributed by atoms with Gasteiger partial charge in [-0.3, -0.25) is 0 Å². The third kappa shape index (κ3) is 2.50. The van der Waals surface area contributed by atoms with Crippen LogP contribution in [0.5, 0.6) is 0 Å². The molecule has 1 fully saturated rings. The first kappa shape index (κ1) is 10.5. The molecule has 0 aromatic carbocycles. The fraction of sp³-hybridized carbons (Fsp3) is 0.727. The molecular weight excluding hydrogens is 192 g/mol. The topological polar surface area (TPSA) is 64.3 Å². The van der Waals surface area contributed by atoms with Crippen LogP contribution in [0.3, 0.4) is 0 Å². The van der Waals surface area contributed by atoms with E-state index in [1.165, 1.54) is 12.8 Å². The Balaban J connectivity index is 1.66. The van der Waals surface area contributed by atoms with E-state index in [0.29, 0.717) is 31.5 Å². The lowest BCUT2D eigenvalue weighted by molar-refractivity contribution is 0.121. The van der Waals surface area contributed by atoms with E-state index >= 15 is 0 Å². The summed E-state index contributed by atoms with van der Waals surface area (Å²) in [5, 5.41) is 2.60. The number of allylic oxidation sites excluding steroid dienone is 2. The smallest absolute Gasteiger partial charge is 0.407 e. The number of hydrogen-bond acceptors (Lipinski definition) is 3. The molecule has 0 saturated heterocycles. The number of fused-ring (bicyclic) bond motifs is 2. The van der Waals surface area contributed by atoms with Gasteiger partial charge in [0.2, 0.25) is 0 Å². The molecule has 1 saturated carbocycles. The highest BCUT2D eigenvalue weighted by atomic mass is 16.5. The van der Waals surface area contributed by atoms with E-state index in [1.54, 1.807) is 0 Å². The van der Waals surface area contributed by atoms with E-state index in [2.05, 4.69) is 17.5 Å². The number of alkyl carbamates (subject to hydrolysis) is 1. The average molecular weight is 210 g/mol. The minimum Gasteiger partial charge on any atom is -0.449 e. The highest BCUT2D eigenvalue weighted by Gasteiger charge is 2.36. The van der Waals surface area contributed by atoms with Gasteiger partial charge in [0, 0.05) is 19.0 Å². The van der Waals surface area contributed by atoms with Crippen LogP contribution in [0.4, 0.5) is 4.79 Å². The third-order valence-electron chi connectivity index (χ3n) is 3.26. The van der Waals surface area contributed by atoms with E-state index in [9.17, 15) is 4.79 Å². The lowest BCUT2D eigenvalue weighted by Crippen LogP contribution is -2.31. The minimum atomic E-state index is -0.341. The number of amides is 1. The zero-order valence-electron chi connectivity index (χ0n) is 8.82. The third-order valence-corrected chi connectivity index (χ3v) is 3.26. The molecule has 0 aromatic rings. The fourth-order valence-electron chi connectivity index (χ4n) is 2.49.